The number of urea groups is 1. The Morgan fingerprint density at radius 1 is 1.06 bits per heavy atom. The van der Waals surface area contributed by atoms with Crippen LogP contribution in [0.3, 0.4) is 0 Å². The van der Waals surface area contributed by atoms with Crippen molar-refractivity contribution in [2.24, 2.45) is 0 Å². The maximum Gasteiger partial charge on any atom is 0.324 e. The largest absolute Gasteiger partial charge is 0.497 e. The summed E-state index contributed by atoms with van der Waals surface area (Å²) in [6, 6.07) is 10.1. The van der Waals surface area contributed by atoms with Gasteiger partial charge in [-0.2, -0.15) is 8.78 Å². The molecule has 2 aromatic carbocycles. The second-order valence-electron chi connectivity index (χ2n) is 8.04. The topological polar surface area (TPSA) is 94.2 Å². The van der Waals surface area contributed by atoms with E-state index in [0.717, 1.165) is 25.7 Å². The molecule has 194 valence electrons. The van der Waals surface area contributed by atoms with E-state index in [1.807, 2.05) is 0 Å². The molecule has 0 spiro atoms. The predicted octanol–water partition coefficient (Wildman–Crippen LogP) is 2.62. The molecule has 3 rings (SSSR count). The van der Waals surface area contributed by atoms with Gasteiger partial charge in [0.05, 0.1) is 13.7 Å². The first-order valence-electron chi connectivity index (χ1n) is 11.3. The summed E-state index contributed by atoms with van der Waals surface area (Å²) < 4.78 is 44.8. The lowest BCUT2D eigenvalue weighted by Crippen LogP contribution is -2.52. The van der Waals surface area contributed by atoms with Gasteiger partial charge >= 0.3 is 18.4 Å². The Morgan fingerprint density at radius 2 is 1.78 bits per heavy atom. The van der Waals surface area contributed by atoms with E-state index in [4.69, 9.17) is 4.74 Å². The number of carbonyl (C=O) groups excluding carboxylic acids is 3. The fourth-order valence-corrected chi connectivity index (χ4v) is 3.71. The van der Waals surface area contributed by atoms with E-state index >= 15 is 0 Å². The summed E-state index contributed by atoms with van der Waals surface area (Å²) in [6.07, 6.45) is -3.31. The molecule has 0 atom stereocenters. The van der Waals surface area contributed by atoms with E-state index < -0.39 is 24.1 Å². The molecule has 0 aromatic heterocycles. The van der Waals surface area contributed by atoms with Crippen LogP contribution in [-0.2, 0) is 11.3 Å². The van der Waals surface area contributed by atoms with Crippen molar-refractivity contribution >= 4 is 23.5 Å². The van der Waals surface area contributed by atoms with Crippen LogP contribution < -0.4 is 20.5 Å². The first-order valence-corrected chi connectivity index (χ1v) is 11.3. The minimum Gasteiger partial charge on any atom is -0.497 e. The molecule has 1 aliphatic heterocycles. The van der Waals surface area contributed by atoms with Crippen LogP contribution in [0, 0.1) is 5.82 Å². The number of benzene rings is 2. The molecule has 0 unspecified atom stereocenters. The zero-order chi connectivity index (χ0) is 26.2. The highest BCUT2D eigenvalue weighted by atomic mass is 19.3. The molecular formula is C24H28F3N5O4. The predicted molar refractivity (Wildman–Crippen MR) is 126 cm³/mol. The first-order chi connectivity index (χ1) is 17.2. The number of nitrogens with one attached hydrogen (secondary N) is 2. The highest BCUT2D eigenvalue weighted by molar-refractivity contribution is 5.96. The number of alkyl halides is 2. The van der Waals surface area contributed by atoms with E-state index in [-0.39, 0.29) is 23.7 Å². The van der Waals surface area contributed by atoms with Gasteiger partial charge in [-0.05, 0) is 30.8 Å². The second-order valence-corrected chi connectivity index (χ2v) is 8.04. The average Bonchev–Trinajstić information content (AvgIpc) is 2.90. The van der Waals surface area contributed by atoms with Crippen LogP contribution in [0.4, 0.5) is 23.7 Å². The molecule has 4 amide bonds. The molecule has 12 heteroatoms. The van der Waals surface area contributed by atoms with Gasteiger partial charge in [-0.1, -0.05) is 19.1 Å². The smallest absolute Gasteiger partial charge is 0.324 e. The van der Waals surface area contributed by atoms with E-state index in [1.54, 1.807) is 40.0 Å². The van der Waals surface area contributed by atoms with E-state index in [9.17, 15) is 27.6 Å². The Balaban J connectivity index is 1.81. The third kappa shape index (κ3) is 6.66. The molecule has 1 saturated heterocycles. The third-order valence-electron chi connectivity index (χ3n) is 5.83. The molecule has 2 N–H and O–H groups in total. The SMILES string of the molecule is CCN1CCN(C(=O)N(Cc2ccc(C(=O)NNC(=O)C(F)F)cc2F)c2cccc(OC)c2)CC1. The average molecular weight is 508 g/mol. The zero-order valence-corrected chi connectivity index (χ0v) is 20.0. The van der Waals surface area contributed by atoms with Crippen LogP contribution in [-0.4, -0.2) is 73.9 Å². The molecule has 1 fully saturated rings. The molecule has 0 bridgehead atoms. The molecule has 0 saturated carbocycles. The van der Waals surface area contributed by atoms with E-state index in [1.165, 1.54) is 24.1 Å². The summed E-state index contributed by atoms with van der Waals surface area (Å²) in [6.45, 7) is 5.33. The van der Waals surface area contributed by atoms with Gasteiger partial charge in [-0.3, -0.25) is 25.3 Å². The standard InChI is InChI=1S/C24H28F3N5O4/c1-3-30-9-11-31(12-10-30)24(35)32(18-5-4-6-19(14-18)36-2)15-17-8-7-16(13-20(17)25)22(33)28-29-23(34)21(26)27/h4-8,13-14,21H,3,9-12,15H2,1-2H3,(H,28,33)(H,29,34). The Labute approximate surface area is 206 Å². The highest BCUT2D eigenvalue weighted by Crippen LogP contribution is 2.25. The zero-order valence-electron chi connectivity index (χ0n) is 20.0. The van der Waals surface area contributed by atoms with Crippen LogP contribution in [0.5, 0.6) is 5.75 Å². The number of likely N-dealkylation sites (N-methyl/N-ethyl adjacent to an activating group) is 1. The molecule has 2 aromatic rings. The van der Waals surface area contributed by atoms with Crippen molar-refractivity contribution in [3.63, 3.8) is 0 Å². The van der Waals surface area contributed by atoms with Crippen LogP contribution in [0.15, 0.2) is 42.5 Å². The summed E-state index contributed by atoms with van der Waals surface area (Å²) in [5.41, 5.74) is 3.80. The number of anilines is 1. The van der Waals surface area contributed by atoms with Crippen LogP contribution >= 0.6 is 0 Å². The number of methoxy groups -OCH3 is 1. The molecule has 0 radical (unpaired) electrons. The van der Waals surface area contributed by atoms with Gasteiger partial charge in [0.1, 0.15) is 11.6 Å². The molecule has 36 heavy (non-hydrogen) atoms. The number of rotatable bonds is 7. The number of amides is 4. The summed E-state index contributed by atoms with van der Waals surface area (Å²) in [4.78, 5) is 41.9. The summed E-state index contributed by atoms with van der Waals surface area (Å²) in [7, 11) is 1.50. The fraction of sp³-hybridized carbons (Fsp3) is 0.375. The monoisotopic (exact) mass is 507 g/mol. The minimum atomic E-state index is -3.31. The van der Waals surface area contributed by atoms with Gasteiger partial charge in [0.25, 0.3) is 5.91 Å². The summed E-state index contributed by atoms with van der Waals surface area (Å²) in [5.74, 6) is -2.91. The Kier molecular flexibility index (Phi) is 9.12. The van der Waals surface area contributed by atoms with Gasteiger partial charge < -0.3 is 14.5 Å². The van der Waals surface area contributed by atoms with Gasteiger partial charge in [0.15, 0.2) is 0 Å². The normalized spacial score (nSPS) is 13.9. The molecule has 0 aliphatic carbocycles. The van der Waals surface area contributed by atoms with Gasteiger partial charge in [0, 0.05) is 49.1 Å². The summed E-state index contributed by atoms with van der Waals surface area (Å²) >= 11 is 0. The molecule has 9 nitrogen and oxygen atoms in total. The Morgan fingerprint density at radius 3 is 2.39 bits per heavy atom. The van der Waals surface area contributed by atoms with E-state index in [2.05, 4.69) is 11.8 Å². The Hall–Kier alpha value is -3.80. The summed E-state index contributed by atoms with van der Waals surface area (Å²) in [5, 5.41) is 0. The van der Waals surface area contributed by atoms with Gasteiger partial charge in [-0.25, -0.2) is 9.18 Å². The lowest BCUT2D eigenvalue weighted by atomic mass is 10.1. The quantitative estimate of drug-likeness (QED) is 0.562. The van der Waals surface area contributed by atoms with Crippen LogP contribution in [0.2, 0.25) is 0 Å². The number of piperazine rings is 1. The van der Waals surface area contributed by atoms with Crippen molar-refractivity contribution in [2.45, 2.75) is 19.9 Å². The van der Waals surface area contributed by atoms with Crippen molar-refractivity contribution in [3.05, 3.63) is 59.4 Å². The number of halogens is 3. The Bertz CT molecular complexity index is 1090. The van der Waals surface area contributed by atoms with Crippen molar-refractivity contribution in [2.75, 3.05) is 44.7 Å². The van der Waals surface area contributed by atoms with Crippen molar-refractivity contribution in [3.8, 4) is 5.75 Å². The molecular weight excluding hydrogens is 479 g/mol. The number of hydrazine groups is 1. The van der Waals surface area contributed by atoms with Crippen LogP contribution in [0.25, 0.3) is 0 Å². The van der Waals surface area contributed by atoms with Gasteiger partial charge in [0.2, 0.25) is 0 Å². The first kappa shape index (κ1) is 26.8. The fourth-order valence-electron chi connectivity index (χ4n) is 3.71. The lowest BCUT2D eigenvalue weighted by Gasteiger charge is -2.37. The minimum absolute atomic E-state index is 0.129. The number of ether oxygens (including phenoxy) is 1. The number of hydrogen-bond donors (Lipinski definition) is 2. The van der Waals surface area contributed by atoms with Crippen molar-refractivity contribution < 1.29 is 32.3 Å². The maximum absolute atomic E-state index is 15.0. The number of carbonyl (C=O) groups is 3. The lowest BCUT2D eigenvalue weighted by molar-refractivity contribution is -0.132. The van der Waals surface area contributed by atoms with E-state index in [0.29, 0.717) is 24.5 Å². The third-order valence-corrected chi connectivity index (χ3v) is 5.83. The molecule has 1 aliphatic rings. The highest BCUT2D eigenvalue weighted by Gasteiger charge is 2.27. The second kappa shape index (κ2) is 12.2. The van der Waals surface area contributed by atoms with Crippen LogP contribution in [0.1, 0.15) is 22.8 Å². The van der Waals surface area contributed by atoms with Crippen molar-refractivity contribution in [1.29, 1.82) is 0 Å². The number of hydrogen-bond acceptors (Lipinski definition) is 5. The maximum atomic E-state index is 15.0. The molecule has 1 heterocycles. The van der Waals surface area contributed by atoms with Gasteiger partial charge in [-0.15, -0.1) is 0 Å². The number of nitrogens with zero attached hydrogens (tertiary/aromatic N) is 3. The van der Waals surface area contributed by atoms with Crippen molar-refractivity contribution in [1.82, 2.24) is 20.7 Å².